The first kappa shape index (κ1) is 13.1. The van der Waals surface area contributed by atoms with Crippen LogP contribution in [0.2, 0.25) is 0 Å². The molecule has 1 saturated carbocycles. The van der Waals surface area contributed by atoms with Gasteiger partial charge in [0.05, 0.1) is 12.2 Å². The van der Waals surface area contributed by atoms with E-state index < -0.39 is 0 Å². The first-order valence-corrected chi connectivity index (χ1v) is 7.32. The van der Waals surface area contributed by atoms with Gasteiger partial charge >= 0.3 is 0 Å². The number of benzene rings is 1. The van der Waals surface area contributed by atoms with Gasteiger partial charge in [-0.05, 0) is 24.8 Å². The summed E-state index contributed by atoms with van der Waals surface area (Å²) in [6.45, 7) is 0.162. The maximum absolute atomic E-state index is 9.21. The molecule has 0 unspecified atom stereocenters. The third kappa shape index (κ3) is 2.83. The van der Waals surface area contributed by atoms with Crippen molar-refractivity contribution >= 4 is 0 Å². The van der Waals surface area contributed by atoms with Gasteiger partial charge in [-0.15, -0.1) is 0 Å². The lowest BCUT2D eigenvalue weighted by molar-refractivity contribution is -0.169. The Morgan fingerprint density at radius 2 is 1.74 bits per heavy atom. The molecule has 0 amide bonds. The summed E-state index contributed by atoms with van der Waals surface area (Å²) in [6, 6.07) is 10.4. The third-order valence-electron chi connectivity index (χ3n) is 4.21. The van der Waals surface area contributed by atoms with Gasteiger partial charge in [-0.2, -0.15) is 0 Å². The summed E-state index contributed by atoms with van der Waals surface area (Å²) in [5, 5.41) is 9.21. The molecule has 0 bridgehead atoms. The zero-order valence-corrected chi connectivity index (χ0v) is 11.3. The van der Waals surface area contributed by atoms with Crippen molar-refractivity contribution in [2.24, 2.45) is 0 Å². The molecule has 1 saturated heterocycles. The average molecular weight is 262 g/mol. The molecule has 2 aliphatic rings. The summed E-state index contributed by atoms with van der Waals surface area (Å²) in [4.78, 5) is 0. The standard InChI is InChI=1S/C16H22O3/c17-11-8-14-15(12-13-6-2-1-3-7-13)19-16(18-14)9-4-5-10-16/h1-3,6-7,14-15,17H,4-5,8-12H2/t14-,15-/m0/s1. The number of ether oxygens (including phenoxy) is 2. The second kappa shape index (κ2) is 5.61. The van der Waals surface area contributed by atoms with Crippen LogP contribution < -0.4 is 0 Å². The van der Waals surface area contributed by atoms with Crippen LogP contribution in [0.15, 0.2) is 30.3 Å². The van der Waals surface area contributed by atoms with Gasteiger partial charge < -0.3 is 14.6 Å². The van der Waals surface area contributed by atoms with Crippen LogP contribution in [0.1, 0.15) is 37.7 Å². The van der Waals surface area contributed by atoms with Gasteiger partial charge in [0, 0.05) is 25.9 Å². The van der Waals surface area contributed by atoms with Crippen molar-refractivity contribution < 1.29 is 14.6 Å². The van der Waals surface area contributed by atoms with Crippen LogP contribution in [-0.2, 0) is 15.9 Å². The average Bonchev–Trinajstić information content (AvgIpc) is 3.00. The van der Waals surface area contributed by atoms with Gasteiger partial charge in [-0.25, -0.2) is 0 Å². The topological polar surface area (TPSA) is 38.7 Å². The van der Waals surface area contributed by atoms with Crippen molar-refractivity contribution in [2.45, 2.75) is 56.5 Å². The summed E-state index contributed by atoms with van der Waals surface area (Å²) in [5.41, 5.74) is 1.27. The normalized spacial score (nSPS) is 29.1. The van der Waals surface area contributed by atoms with Gasteiger partial charge in [0.1, 0.15) is 0 Å². The zero-order valence-electron chi connectivity index (χ0n) is 11.3. The van der Waals surface area contributed by atoms with Crippen LogP contribution >= 0.6 is 0 Å². The summed E-state index contributed by atoms with van der Waals surface area (Å²) in [6.07, 6.45) is 6.01. The minimum Gasteiger partial charge on any atom is -0.396 e. The van der Waals surface area contributed by atoms with Gasteiger partial charge in [-0.1, -0.05) is 30.3 Å². The van der Waals surface area contributed by atoms with Crippen molar-refractivity contribution in [3.05, 3.63) is 35.9 Å². The molecule has 1 spiro atoms. The smallest absolute Gasteiger partial charge is 0.169 e. The Labute approximate surface area is 114 Å². The Kier molecular flexibility index (Phi) is 3.87. The molecule has 3 heteroatoms. The highest BCUT2D eigenvalue weighted by Crippen LogP contribution is 2.43. The largest absolute Gasteiger partial charge is 0.396 e. The van der Waals surface area contributed by atoms with Crippen LogP contribution in [0, 0.1) is 0 Å². The SMILES string of the molecule is OCC[C@@H]1OC2(CCCC2)O[C@H]1Cc1ccccc1. The fourth-order valence-corrected chi connectivity index (χ4v) is 3.27. The Morgan fingerprint density at radius 3 is 2.42 bits per heavy atom. The Hall–Kier alpha value is -0.900. The predicted molar refractivity (Wildman–Crippen MR) is 72.8 cm³/mol. The van der Waals surface area contributed by atoms with E-state index in [0.29, 0.717) is 6.42 Å². The van der Waals surface area contributed by atoms with E-state index in [2.05, 4.69) is 24.3 Å². The molecule has 3 nitrogen and oxygen atoms in total. The van der Waals surface area contributed by atoms with Crippen LogP contribution in [0.25, 0.3) is 0 Å². The number of aliphatic hydroxyl groups is 1. The summed E-state index contributed by atoms with van der Waals surface area (Å²) in [7, 11) is 0. The lowest BCUT2D eigenvalue weighted by Crippen LogP contribution is -2.27. The molecule has 1 aliphatic heterocycles. The maximum atomic E-state index is 9.21. The maximum Gasteiger partial charge on any atom is 0.169 e. The summed E-state index contributed by atoms with van der Waals surface area (Å²) < 4.78 is 12.4. The molecule has 1 aliphatic carbocycles. The van der Waals surface area contributed by atoms with Gasteiger partial charge in [0.25, 0.3) is 0 Å². The van der Waals surface area contributed by atoms with E-state index in [1.165, 1.54) is 18.4 Å². The van der Waals surface area contributed by atoms with Crippen LogP contribution in [-0.4, -0.2) is 29.7 Å². The van der Waals surface area contributed by atoms with Crippen molar-refractivity contribution in [1.29, 1.82) is 0 Å². The molecular weight excluding hydrogens is 240 g/mol. The fourth-order valence-electron chi connectivity index (χ4n) is 3.27. The summed E-state index contributed by atoms with van der Waals surface area (Å²) in [5.74, 6) is -0.348. The number of hydrogen-bond donors (Lipinski definition) is 1. The number of aliphatic hydroxyl groups excluding tert-OH is 1. The Bertz CT molecular complexity index is 398. The van der Waals surface area contributed by atoms with E-state index in [0.717, 1.165) is 19.3 Å². The van der Waals surface area contributed by atoms with E-state index in [9.17, 15) is 5.11 Å². The lowest BCUT2D eigenvalue weighted by atomic mass is 10.0. The highest BCUT2D eigenvalue weighted by atomic mass is 16.8. The van der Waals surface area contributed by atoms with Crippen molar-refractivity contribution in [2.75, 3.05) is 6.61 Å². The predicted octanol–water partition coefficient (Wildman–Crippen LogP) is 2.67. The van der Waals surface area contributed by atoms with Crippen molar-refractivity contribution in [3.8, 4) is 0 Å². The molecule has 19 heavy (non-hydrogen) atoms. The van der Waals surface area contributed by atoms with E-state index in [4.69, 9.17) is 9.47 Å². The second-order valence-electron chi connectivity index (χ2n) is 5.63. The van der Waals surface area contributed by atoms with Crippen LogP contribution in [0.4, 0.5) is 0 Å². The molecule has 1 aromatic rings. The molecule has 2 fully saturated rings. The minimum atomic E-state index is -0.348. The van der Waals surface area contributed by atoms with E-state index in [-0.39, 0.29) is 24.6 Å². The van der Waals surface area contributed by atoms with Crippen molar-refractivity contribution in [1.82, 2.24) is 0 Å². The second-order valence-corrected chi connectivity index (χ2v) is 5.63. The molecule has 1 heterocycles. The monoisotopic (exact) mass is 262 g/mol. The van der Waals surface area contributed by atoms with Crippen LogP contribution in [0.5, 0.6) is 0 Å². The first-order chi connectivity index (χ1) is 9.31. The molecule has 3 rings (SSSR count). The van der Waals surface area contributed by atoms with E-state index in [1.54, 1.807) is 0 Å². The van der Waals surface area contributed by atoms with Crippen molar-refractivity contribution in [3.63, 3.8) is 0 Å². The molecule has 1 aromatic carbocycles. The lowest BCUT2D eigenvalue weighted by Gasteiger charge is -2.22. The first-order valence-electron chi connectivity index (χ1n) is 7.32. The van der Waals surface area contributed by atoms with E-state index >= 15 is 0 Å². The highest BCUT2D eigenvalue weighted by molar-refractivity contribution is 5.16. The molecule has 0 radical (unpaired) electrons. The zero-order chi connectivity index (χ0) is 13.1. The quantitative estimate of drug-likeness (QED) is 0.906. The Morgan fingerprint density at radius 1 is 1.05 bits per heavy atom. The Balaban J connectivity index is 1.71. The van der Waals surface area contributed by atoms with Gasteiger partial charge in [0.15, 0.2) is 5.79 Å². The highest BCUT2D eigenvalue weighted by Gasteiger charge is 2.48. The molecule has 0 aromatic heterocycles. The third-order valence-corrected chi connectivity index (χ3v) is 4.21. The van der Waals surface area contributed by atoms with Gasteiger partial charge in [0.2, 0.25) is 0 Å². The molecule has 104 valence electrons. The van der Waals surface area contributed by atoms with Crippen LogP contribution in [0.3, 0.4) is 0 Å². The molecule has 1 N–H and O–H groups in total. The summed E-state index contributed by atoms with van der Waals surface area (Å²) >= 11 is 0. The van der Waals surface area contributed by atoms with E-state index in [1.807, 2.05) is 6.07 Å². The molecular formula is C16H22O3. The fraction of sp³-hybridized carbons (Fsp3) is 0.625. The minimum absolute atomic E-state index is 0.0308. The number of hydrogen-bond acceptors (Lipinski definition) is 3. The molecule has 2 atom stereocenters. The number of rotatable bonds is 4. The van der Waals surface area contributed by atoms with Gasteiger partial charge in [-0.3, -0.25) is 0 Å².